The van der Waals surface area contributed by atoms with E-state index in [1.165, 1.54) is 16.8 Å². The van der Waals surface area contributed by atoms with Crippen LogP contribution in [0.4, 0.5) is 4.39 Å². The number of H-pyrrole nitrogens is 1. The zero-order chi connectivity index (χ0) is 14.8. The van der Waals surface area contributed by atoms with Gasteiger partial charge in [0.2, 0.25) is 0 Å². The minimum absolute atomic E-state index is 0.130. The van der Waals surface area contributed by atoms with Crippen molar-refractivity contribution in [1.29, 1.82) is 0 Å². The lowest BCUT2D eigenvalue weighted by atomic mass is 10.2. The monoisotopic (exact) mass is 287 g/mol. The summed E-state index contributed by atoms with van der Waals surface area (Å²) in [7, 11) is 0. The maximum absolute atomic E-state index is 13.0. The SMILES string of the molecule is CCCc1[nH]n(-c2ccc(F)cc2)c(=O)c1C=NC1CC1. The summed E-state index contributed by atoms with van der Waals surface area (Å²) in [5.41, 5.74) is 2.00. The third-order valence-corrected chi connectivity index (χ3v) is 3.55. The molecule has 0 radical (unpaired) electrons. The number of benzene rings is 1. The second kappa shape index (κ2) is 5.68. The summed E-state index contributed by atoms with van der Waals surface area (Å²) in [6, 6.07) is 6.25. The van der Waals surface area contributed by atoms with E-state index in [1.807, 2.05) is 0 Å². The Hall–Kier alpha value is -2.17. The molecule has 1 fully saturated rings. The molecule has 0 atom stereocenters. The maximum Gasteiger partial charge on any atom is 0.280 e. The van der Waals surface area contributed by atoms with Gasteiger partial charge in [0.05, 0.1) is 17.3 Å². The van der Waals surface area contributed by atoms with Gasteiger partial charge in [-0.3, -0.25) is 14.9 Å². The Bertz CT molecular complexity index is 708. The number of aromatic amines is 1. The van der Waals surface area contributed by atoms with Crippen molar-refractivity contribution in [3.63, 3.8) is 0 Å². The average molecular weight is 287 g/mol. The van der Waals surface area contributed by atoms with Gasteiger partial charge in [0.1, 0.15) is 5.82 Å². The van der Waals surface area contributed by atoms with Gasteiger partial charge in [0, 0.05) is 11.9 Å². The van der Waals surface area contributed by atoms with Crippen molar-refractivity contribution in [3.8, 4) is 5.69 Å². The maximum atomic E-state index is 13.0. The molecule has 1 N–H and O–H groups in total. The van der Waals surface area contributed by atoms with Crippen molar-refractivity contribution in [3.05, 3.63) is 51.7 Å². The molecule has 4 nitrogen and oxygen atoms in total. The number of nitrogens with zero attached hydrogens (tertiary/aromatic N) is 2. The van der Waals surface area contributed by atoms with Gasteiger partial charge in [0.25, 0.3) is 5.56 Å². The number of nitrogens with one attached hydrogen (secondary N) is 1. The Balaban J connectivity index is 2.02. The quantitative estimate of drug-likeness (QED) is 0.845. The van der Waals surface area contributed by atoms with E-state index in [9.17, 15) is 9.18 Å². The third kappa shape index (κ3) is 2.96. The van der Waals surface area contributed by atoms with Crippen LogP contribution in [-0.4, -0.2) is 22.0 Å². The highest BCUT2D eigenvalue weighted by molar-refractivity contribution is 5.81. The van der Waals surface area contributed by atoms with Gasteiger partial charge in [-0.1, -0.05) is 13.3 Å². The number of hydrogen-bond acceptors (Lipinski definition) is 2. The molecule has 1 aliphatic carbocycles. The van der Waals surface area contributed by atoms with Crippen LogP contribution in [0.1, 0.15) is 37.4 Å². The van der Waals surface area contributed by atoms with Crippen molar-refractivity contribution in [2.45, 2.75) is 38.6 Å². The standard InChI is InChI=1S/C16H18FN3O/c1-2-3-15-14(10-18-12-6-7-12)16(21)20(19-15)13-8-4-11(17)5-9-13/h4-5,8-10,12,19H,2-3,6-7H2,1H3. The minimum Gasteiger partial charge on any atom is -0.294 e. The summed E-state index contributed by atoms with van der Waals surface area (Å²) in [4.78, 5) is 16.9. The van der Waals surface area contributed by atoms with Gasteiger partial charge >= 0.3 is 0 Å². The molecular formula is C16H18FN3O. The predicted molar refractivity (Wildman–Crippen MR) is 81.0 cm³/mol. The summed E-state index contributed by atoms with van der Waals surface area (Å²) >= 11 is 0. The first-order chi connectivity index (χ1) is 10.2. The predicted octanol–water partition coefficient (Wildman–Crippen LogP) is 2.84. The van der Waals surface area contributed by atoms with E-state index in [0.29, 0.717) is 17.3 Å². The fourth-order valence-corrected chi connectivity index (χ4v) is 2.24. The molecule has 0 amide bonds. The van der Waals surface area contributed by atoms with Crippen molar-refractivity contribution >= 4 is 6.21 Å². The summed E-state index contributed by atoms with van der Waals surface area (Å²) in [5, 5.41) is 3.12. The smallest absolute Gasteiger partial charge is 0.280 e. The molecule has 1 aliphatic rings. The van der Waals surface area contributed by atoms with Gasteiger partial charge in [-0.25, -0.2) is 9.07 Å². The van der Waals surface area contributed by atoms with E-state index in [1.54, 1.807) is 18.3 Å². The highest BCUT2D eigenvalue weighted by Crippen LogP contribution is 2.23. The largest absolute Gasteiger partial charge is 0.294 e. The van der Waals surface area contributed by atoms with Gasteiger partial charge in [-0.2, -0.15) is 0 Å². The van der Waals surface area contributed by atoms with Crippen LogP contribution in [-0.2, 0) is 6.42 Å². The molecule has 0 aliphatic heterocycles. The van der Waals surface area contributed by atoms with E-state index in [4.69, 9.17) is 0 Å². The zero-order valence-corrected chi connectivity index (χ0v) is 12.0. The van der Waals surface area contributed by atoms with Crippen LogP contribution >= 0.6 is 0 Å². The molecule has 0 unspecified atom stereocenters. The molecule has 110 valence electrons. The molecule has 3 rings (SSSR count). The van der Waals surface area contributed by atoms with Crippen LogP contribution in [0.15, 0.2) is 34.1 Å². The molecular weight excluding hydrogens is 269 g/mol. The Labute approximate surface area is 122 Å². The first-order valence-corrected chi connectivity index (χ1v) is 7.32. The molecule has 5 heteroatoms. The average Bonchev–Trinajstić information content (AvgIpc) is 3.25. The van der Waals surface area contributed by atoms with Crippen molar-refractivity contribution in [2.75, 3.05) is 0 Å². The minimum atomic E-state index is -0.317. The van der Waals surface area contributed by atoms with E-state index >= 15 is 0 Å². The van der Waals surface area contributed by atoms with Crippen LogP contribution in [0, 0.1) is 5.82 Å². The third-order valence-electron chi connectivity index (χ3n) is 3.55. The fourth-order valence-electron chi connectivity index (χ4n) is 2.24. The number of halogens is 1. The molecule has 0 bridgehead atoms. The van der Waals surface area contributed by atoms with Crippen molar-refractivity contribution < 1.29 is 4.39 Å². The Morgan fingerprint density at radius 1 is 1.38 bits per heavy atom. The second-order valence-corrected chi connectivity index (χ2v) is 5.38. The summed E-state index contributed by atoms with van der Waals surface area (Å²) < 4.78 is 14.5. The molecule has 0 spiro atoms. The van der Waals surface area contributed by atoms with Gasteiger partial charge in [-0.15, -0.1) is 0 Å². The number of aliphatic imine (C=N–C) groups is 1. The Morgan fingerprint density at radius 3 is 2.71 bits per heavy atom. The lowest BCUT2D eigenvalue weighted by molar-refractivity contribution is 0.626. The highest BCUT2D eigenvalue weighted by atomic mass is 19.1. The lowest BCUT2D eigenvalue weighted by Crippen LogP contribution is -2.17. The van der Waals surface area contributed by atoms with Crippen LogP contribution < -0.4 is 5.56 Å². The fraction of sp³-hybridized carbons (Fsp3) is 0.375. The lowest BCUT2D eigenvalue weighted by Gasteiger charge is -2.01. The summed E-state index contributed by atoms with van der Waals surface area (Å²) in [6.07, 6.45) is 5.64. The molecule has 0 saturated heterocycles. The number of hydrogen-bond donors (Lipinski definition) is 1. The van der Waals surface area contributed by atoms with Crippen molar-refractivity contribution in [1.82, 2.24) is 9.78 Å². The van der Waals surface area contributed by atoms with Gasteiger partial charge in [-0.05, 0) is 43.5 Å². The van der Waals surface area contributed by atoms with Gasteiger partial charge < -0.3 is 0 Å². The zero-order valence-electron chi connectivity index (χ0n) is 12.0. The first-order valence-electron chi connectivity index (χ1n) is 7.32. The number of rotatable bonds is 5. The summed E-state index contributed by atoms with van der Waals surface area (Å²) in [5.74, 6) is -0.317. The molecule has 1 heterocycles. The topological polar surface area (TPSA) is 50.1 Å². The normalized spacial score (nSPS) is 15.0. The van der Waals surface area contributed by atoms with Crippen molar-refractivity contribution in [2.24, 2.45) is 4.99 Å². The van der Waals surface area contributed by atoms with Gasteiger partial charge in [0.15, 0.2) is 0 Å². The van der Waals surface area contributed by atoms with E-state index in [0.717, 1.165) is 31.4 Å². The molecule has 2 aromatic rings. The second-order valence-electron chi connectivity index (χ2n) is 5.38. The number of aryl methyl sites for hydroxylation is 1. The highest BCUT2D eigenvalue weighted by Gasteiger charge is 2.20. The van der Waals surface area contributed by atoms with E-state index < -0.39 is 0 Å². The van der Waals surface area contributed by atoms with Crippen LogP contribution in [0.5, 0.6) is 0 Å². The van der Waals surface area contributed by atoms with E-state index in [2.05, 4.69) is 17.0 Å². The van der Waals surface area contributed by atoms with Crippen LogP contribution in [0.25, 0.3) is 5.69 Å². The first kappa shape index (κ1) is 13.8. The molecule has 21 heavy (non-hydrogen) atoms. The Kier molecular flexibility index (Phi) is 3.73. The molecule has 1 saturated carbocycles. The van der Waals surface area contributed by atoms with Crippen LogP contribution in [0.3, 0.4) is 0 Å². The van der Waals surface area contributed by atoms with Crippen LogP contribution in [0.2, 0.25) is 0 Å². The molecule has 1 aromatic heterocycles. The van der Waals surface area contributed by atoms with E-state index in [-0.39, 0.29) is 11.4 Å². The Morgan fingerprint density at radius 2 is 2.10 bits per heavy atom. The number of aromatic nitrogens is 2. The molecule has 1 aromatic carbocycles. The summed E-state index contributed by atoms with van der Waals surface area (Å²) in [6.45, 7) is 2.06.